The summed E-state index contributed by atoms with van der Waals surface area (Å²) in [4.78, 5) is 16.6. The van der Waals surface area contributed by atoms with Crippen molar-refractivity contribution in [3.8, 4) is 5.75 Å². The molecule has 1 aromatic carbocycles. The van der Waals surface area contributed by atoms with E-state index < -0.39 is 29.3 Å². The zero-order chi connectivity index (χ0) is 23.7. The fourth-order valence-electron chi connectivity index (χ4n) is 3.31. The highest BCUT2D eigenvalue weighted by atomic mass is 32.2. The van der Waals surface area contributed by atoms with Gasteiger partial charge in [0.1, 0.15) is 0 Å². The molecular weight excluding hydrogens is 447 g/mol. The number of rotatable bonds is 10. The highest BCUT2D eigenvalue weighted by Gasteiger charge is 2.33. The molecule has 0 bridgehead atoms. The van der Waals surface area contributed by atoms with Crippen LogP contribution in [0.25, 0.3) is 0 Å². The molecule has 2 rings (SSSR count). The van der Waals surface area contributed by atoms with Gasteiger partial charge >= 0.3 is 6.36 Å². The van der Waals surface area contributed by atoms with Crippen LogP contribution in [-0.4, -0.2) is 63.6 Å². The van der Waals surface area contributed by atoms with Gasteiger partial charge in [-0.2, -0.15) is 0 Å². The fraction of sp³-hybridized carbons (Fsp3) is 0.381. The van der Waals surface area contributed by atoms with Gasteiger partial charge in [-0.3, -0.25) is 19.0 Å². The number of nitrogens with one attached hydrogen (secondary N) is 1. The van der Waals surface area contributed by atoms with E-state index in [0.29, 0.717) is 26.2 Å². The number of halogens is 3. The fourth-order valence-corrected chi connectivity index (χ4v) is 3.67. The van der Waals surface area contributed by atoms with Crippen molar-refractivity contribution in [1.29, 1.82) is 0 Å². The topological polar surface area (TPSA) is 82.1 Å². The average Bonchev–Trinajstić information content (AvgIpc) is 2.73. The molecule has 7 nitrogen and oxygen atoms in total. The molecule has 1 fully saturated rings. The van der Waals surface area contributed by atoms with Gasteiger partial charge in [-0.05, 0) is 43.2 Å². The zero-order valence-corrected chi connectivity index (χ0v) is 18.3. The second-order valence-electron chi connectivity index (χ2n) is 7.03. The van der Waals surface area contributed by atoms with E-state index in [1.165, 1.54) is 6.07 Å². The third-order valence-electron chi connectivity index (χ3n) is 4.84. The van der Waals surface area contributed by atoms with Crippen LogP contribution < -0.4 is 9.46 Å². The number of amides is 1. The summed E-state index contributed by atoms with van der Waals surface area (Å²) in [7, 11) is 0. The Labute approximate surface area is 187 Å². The molecule has 1 aliphatic rings. The number of hydrogen-bond donors (Lipinski definition) is 2. The minimum atomic E-state index is -5.02. The van der Waals surface area contributed by atoms with Crippen LogP contribution in [0, 0.1) is 0 Å². The number of nitrogens with zero attached hydrogens (tertiary/aromatic N) is 2. The third kappa shape index (κ3) is 8.13. The Morgan fingerprint density at radius 2 is 1.94 bits per heavy atom. The molecule has 0 aliphatic carbocycles. The van der Waals surface area contributed by atoms with E-state index in [1.807, 2.05) is 10.8 Å². The quantitative estimate of drug-likeness (QED) is 0.397. The van der Waals surface area contributed by atoms with Crippen molar-refractivity contribution in [2.24, 2.45) is 0 Å². The Morgan fingerprint density at radius 1 is 1.25 bits per heavy atom. The number of allylic oxidation sites excluding steroid dienone is 4. The van der Waals surface area contributed by atoms with E-state index >= 15 is 0 Å². The summed E-state index contributed by atoms with van der Waals surface area (Å²) < 4.78 is 63.8. The van der Waals surface area contributed by atoms with Crippen LogP contribution in [0.5, 0.6) is 5.75 Å². The molecule has 11 heteroatoms. The van der Waals surface area contributed by atoms with Crippen LogP contribution in [0.3, 0.4) is 0 Å². The molecular formula is C21H26F3N3O4S. The minimum absolute atomic E-state index is 0.00263. The van der Waals surface area contributed by atoms with Crippen molar-refractivity contribution in [3.05, 3.63) is 60.7 Å². The maximum absolute atomic E-state index is 12.8. The predicted molar refractivity (Wildman–Crippen MR) is 118 cm³/mol. The first-order chi connectivity index (χ1) is 15.1. The van der Waals surface area contributed by atoms with Crippen molar-refractivity contribution in [1.82, 2.24) is 9.80 Å². The highest BCUT2D eigenvalue weighted by Crippen LogP contribution is 2.32. The van der Waals surface area contributed by atoms with Crippen LogP contribution in [0.4, 0.5) is 18.9 Å². The van der Waals surface area contributed by atoms with Gasteiger partial charge in [0.15, 0.2) is 5.75 Å². The summed E-state index contributed by atoms with van der Waals surface area (Å²) >= 11 is -2.60. The van der Waals surface area contributed by atoms with E-state index in [1.54, 1.807) is 17.1 Å². The van der Waals surface area contributed by atoms with Gasteiger partial charge in [0, 0.05) is 31.7 Å². The van der Waals surface area contributed by atoms with Crippen molar-refractivity contribution < 1.29 is 31.5 Å². The standard InChI is InChI=1S/C21H26F3N3O4S/c1-3-6-16(4-2)7-5-10-26-11-13-27(14-12-26)20(28)17-8-9-18(25-32(29)30)19(15-17)31-21(22,23)24/h3-4,6,8-9,15,25H,1-2,5,7,10-14H2,(H,29,30)/b16-6+. The first kappa shape index (κ1) is 25.6. The van der Waals surface area contributed by atoms with Crippen molar-refractivity contribution in [2.45, 2.75) is 19.2 Å². The Morgan fingerprint density at radius 3 is 2.50 bits per heavy atom. The number of carbonyl (C=O) groups is 1. The Bertz CT molecular complexity index is 882. The number of anilines is 1. The molecule has 2 N–H and O–H groups in total. The van der Waals surface area contributed by atoms with Gasteiger partial charge in [-0.1, -0.05) is 31.4 Å². The number of carbonyl (C=O) groups excluding carboxylic acids is 1. The monoisotopic (exact) mass is 473 g/mol. The van der Waals surface area contributed by atoms with E-state index in [4.69, 9.17) is 4.55 Å². The maximum Gasteiger partial charge on any atom is 0.573 e. The lowest BCUT2D eigenvalue weighted by Crippen LogP contribution is -2.48. The summed E-state index contributed by atoms with van der Waals surface area (Å²) in [5, 5.41) is 0. The van der Waals surface area contributed by atoms with Crippen molar-refractivity contribution in [2.75, 3.05) is 37.4 Å². The first-order valence-corrected chi connectivity index (χ1v) is 11.0. The normalized spacial score (nSPS) is 16.4. The van der Waals surface area contributed by atoms with Gasteiger partial charge < -0.3 is 9.64 Å². The molecule has 0 aromatic heterocycles. The molecule has 0 spiro atoms. The third-order valence-corrected chi connectivity index (χ3v) is 5.24. The average molecular weight is 474 g/mol. The van der Waals surface area contributed by atoms with Crippen LogP contribution in [0.1, 0.15) is 23.2 Å². The van der Waals surface area contributed by atoms with Gasteiger partial charge in [0.2, 0.25) is 0 Å². The SMILES string of the molecule is C=C/C=C(\C=C)CCCN1CCN(C(=O)c2ccc(NS(=O)O)c(OC(F)(F)F)c2)CC1. The second kappa shape index (κ2) is 11.8. The second-order valence-corrected chi connectivity index (χ2v) is 7.73. The summed E-state index contributed by atoms with van der Waals surface area (Å²) in [6.45, 7) is 10.5. The zero-order valence-electron chi connectivity index (χ0n) is 17.4. The molecule has 1 saturated heterocycles. The van der Waals surface area contributed by atoms with E-state index in [-0.39, 0.29) is 11.3 Å². The number of ether oxygens (including phenoxy) is 1. The summed E-state index contributed by atoms with van der Waals surface area (Å²) in [6.07, 6.45) is 2.22. The van der Waals surface area contributed by atoms with Crippen molar-refractivity contribution >= 4 is 22.9 Å². The number of piperazine rings is 1. The number of benzene rings is 1. The molecule has 1 aromatic rings. The summed E-state index contributed by atoms with van der Waals surface area (Å²) in [5.74, 6) is -1.19. The molecule has 0 radical (unpaired) electrons. The lowest BCUT2D eigenvalue weighted by atomic mass is 10.1. The highest BCUT2D eigenvalue weighted by molar-refractivity contribution is 7.80. The smallest absolute Gasteiger partial charge is 0.404 e. The van der Waals surface area contributed by atoms with E-state index in [9.17, 15) is 22.2 Å². The molecule has 1 amide bonds. The van der Waals surface area contributed by atoms with Crippen LogP contribution in [-0.2, 0) is 11.3 Å². The molecule has 32 heavy (non-hydrogen) atoms. The first-order valence-electron chi connectivity index (χ1n) is 9.86. The Kier molecular flexibility index (Phi) is 9.48. The number of hydrogen-bond acceptors (Lipinski definition) is 4. The Balaban J connectivity index is 1.98. The predicted octanol–water partition coefficient (Wildman–Crippen LogP) is 3.97. The molecule has 1 unspecified atom stereocenters. The molecule has 1 atom stereocenters. The lowest BCUT2D eigenvalue weighted by molar-refractivity contribution is -0.274. The summed E-state index contributed by atoms with van der Waals surface area (Å²) in [6, 6.07) is 3.31. The van der Waals surface area contributed by atoms with Crippen molar-refractivity contribution in [3.63, 3.8) is 0 Å². The van der Waals surface area contributed by atoms with Crippen LogP contribution in [0.15, 0.2) is 55.2 Å². The van der Waals surface area contributed by atoms with E-state index in [0.717, 1.165) is 37.1 Å². The van der Waals surface area contributed by atoms with Crippen LogP contribution in [0.2, 0.25) is 0 Å². The van der Waals surface area contributed by atoms with Crippen LogP contribution >= 0.6 is 0 Å². The van der Waals surface area contributed by atoms with Gasteiger partial charge in [0.25, 0.3) is 17.2 Å². The molecule has 0 saturated carbocycles. The van der Waals surface area contributed by atoms with E-state index in [2.05, 4.69) is 22.8 Å². The number of alkyl halides is 3. The van der Waals surface area contributed by atoms with Gasteiger partial charge in [-0.25, -0.2) is 4.21 Å². The molecule has 176 valence electrons. The largest absolute Gasteiger partial charge is 0.573 e. The maximum atomic E-state index is 12.8. The Hall–Kier alpha value is -2.63. The van der Waals surface area contributed by atoms with Gasteiger partial charge in [0.05, 0.1) is 5.69 Å². The molecule has 1 heterocycles. The minimum Gasteiger partial charge on any atom is -0.404 e. The van der Waals surface area contributed by atoms with Gasteiger partial charge in [-0.15, -0.1) is 13.2 Å². The molecule has 1 aliphatic heterocycles. The lowest BCUT2D eigenvalue weighted by Gasteiger charge is -2.35. The summed E-state index contributed by atoms with van der Waals surface area (Å²) in [5.41, 5.74) is 0.750.